The van der Waals surface area contributed by atoms with Gasteiger partial charge in [-0.05, 0) is 102 Å². The topological polar surface area (TPSA) is 229 Å². The molecule has 4 aromatic rings. The number of sulfonamides is 1. The maximum absolute atomic E-state index is 13.2. The number of halogens is 4. The Kier molecular flexibility index (Phi) is 24.6. The molecule has 4 N–H and O–H groups in total. The van der Waals surface area contributed by atoms with Gasteiger partial charge >= 0.3 is 0 Å². The number of carbonyl (C=O) groups is 2. The fourth-order valence-corrected chi connectivity index (χ4v) is 12.1. The van der Waals surface area contributed by atoms with Crippen molar-refractivity contribution in [3.8, 4) is 0 Å². The normalized spacial score (nSPS) is 17.0. The first-order valence-corrected chi connectivity index (χ1v) is 29.4. The SMILES string of the molecule is CN1Cc2c(Cl)cc(Cl)cc2[C@H](c2cccc(S(=O)(=O)COCCOCCOCCCC(=O)[C@@H](O)[C@H](O)C(=O)NCCOCCOCCOCCNS(=O)(=O)c3cccc([C@@H]4CN(C)Cc5c(Cl)cc(Cl)cc54)c3)c2)C1. The summed E-state index contributed by atoms with van der Waals surface area (Å²) >= 11 is 25.7. The van der Waals surface area contributed by atoms with E-state index in [1.165, 1.54) is 6.07 Å². The van der Waals surface area contributed by atoms with Gasteiger partial charge < -0.3 is 53.8 Å². The molecule has 24 heteroatoms. The number of Topliss-reactive ketones (excluding diaryl/α,β-unsaturated/α-hetero) is 1. The number of ketones is 1. The molecule has 4 atom stereocenters. The van der Waals surface area contributed by atoms with Gasteiger partial charge in [0.2, 0.25) is 19.9 Å². The fourth-order valence-electron chi connectivity index (χ4n) is 8.80. The van der Waals surface area contributed by atoms with E-state index in [-0.39, 0.29) is 120 Å². The number of aliphatic hydroxyl groups excluding tert-OH is 2. The zero-order chi connectivity index (χ0) is 54.8. The zero-order valence-corrected chi connectivity index (χ0v) is 47.1. The predicted molar refractivity (Wildman–Crippen MR) is 289 cm³/mol. The van der Waals surface area contributed by atoms with Gasteiger partial charge in [0.1, 0.15) is 6.10 Å². The van der Waals surface area contributed by atoms with Crippen LogP contribution < -0.4 is 10.0 Å². The largest absolute Gasteiger partial charge is 0.382 e. The van der Waals surface area contributed by atoms with Crippen LogP contribution in [0.25, 0.3) is 0 Å². The van der Waals surface area contributed by atoms with Crippen LogP contribution in [-0.4, -0.2) is 180 Å². The molecule has 76 heavy (non-hydrogen) atoms. The Labute approximate surface area is 465 Å². The maximum atomic E-state index is 13.2. The molecule has 0 saturated carbocycles. The van der Waals surface area contributed by atoms with Gasteiger partial charge in [-0.1, -0.05) is 70.7 Å². The number of rotatable bonds is 32. The Morgan fingerprint density at radius 3 is 1.61 bits per heavy atom. The van der Waals surface area contributed by atoms with E-state index in [1.54, 1.807) is 42.5 Å². The van der Waals surface area contributed by atoms with Gasteiger partial charge in [0.05, 0.1) is 75.9 Å². The molecule has 0 fully saturated rings. The van der Waals surface area contributed by atoms with Crippen LogP contribution in [0.15, 0.2) is 82.6 Å². The van der Waals surface area contributed by atoms with Crippen LogP contribution in [0.5, 0.6) is 0 Å². The van der Waals surface area contributed by atoms with Gasteiger partial charge in [0, 0.05) is 84.2 Å². The molecule has 0 saturated heterocycles. The monoisotopic (exact) mass is 1170 g/mol. The summed E-state index contributed by atoms with van der Waals surface area (Å²) in [6.07, 6.45) is -3.81. The Hall–Kier alpha value is -3.36. The second-order valence-corrected chi connectivity index (χ2v) is 23.8. The highest BCUT2D eigenvalue weighted by Crippen LogP contribution is 2.40. The molecule has 18 nitrogen and oxygen atoms in total. The summed E-state index contributed by atoms with van der Waals surface area (Å²) in [5.74, 6) is -2.42. The maximum Gasteiger partial charge on any atom is 0.252 e. The van der Waals surface area contributed by atoms with Gasteiger partial charge in [0.15, 0.2) is 17.8 Å². The summed E-state index contributed by atoms with van der Waals surface area (Å²) in [6.45, 7) is 4.45. The molecule has 0 spiro atoms. The lowest BCUT2D eigenvalue weighted by Gasteiger charge is -2.33. The number of aliphatic hydroxyl groups is 2. The van der Waals surface area contributed by atoms with Crippen molar-refractivity contribution in [2.45, 2.75) is 59.8 Å². The summed E-state index contributed by atoms with van der Waals surface area (Å²) in [5.41, 5.74) is 5.56. The number of sulfone groups is 1. The minimum Gasteiger partial charge on any atom is -0.382 e. The van der Waals surface area contributed by atoms with Crippen LogP contribution in [0.1, 0.15) is 58.1 Å². The Morgan fingerprint density at radius 1 is 0.605 bits per heavy atom. The lowest BCUT2D eigenvalue weighted by Crippen LogP contribution is -2.46. The summed E-state index contributed by atoms with van der Waals surface area (Å²) in [6, 6.07) is 20.9. The molecule has 0 aliphatic carbocycles. The molecule has 2 heterocycles. The van der Waals surface area contributed by atoms with Gasteiger partial charge in [-0.2, -0.15) is 0 Å². The lowest BCUT2D eigenvalue weighted by atomic mass is 9.85. The van der Waals surface area contributed by atoms with E-state index in [9.17, 15) is 36.6 Å². The summed E-state index contributed by atoms with van der Waals surface area (Å²) in [7, 11) is -3.61. The Balaban J connectivity index is 0.733. The van der Waals surface area contributed by atoms with E-state index in [1.807, 2.05) is 38.4 Å². The minimum atomic E-state index is -3.82. The smallest absolute Gasteiger partial charge is 0.252 e. The molecule has 418 valence electrons. The second-order valence-electron chi connectivity index (χ2n) is 18.4. The number of benzene rings is 4. The third kappa shape index (κ3) is 18.3. The van der Waals surface area contributed by atoms with Crippen LogP contribution in [0.4, 0.5) is 0 Å². The third-order valence-corrected chi connectivity index (χ3v) is 16.6. The highest BCUT2D eigenvalue weighted by atomic mass is 35.5. The zero-order valence-electron chi connectivity index (χ0n) is 42.4. The van der Waals surface area contributed by atoms with Crippen LogP contribution in [0, 0.1) is 0 Å². The van der Waals surface area contributed by atoms with Crippen LogP contribution in [-0.2, 0) is 71.0 Å². The minimum absolute atomic E-state index is 0.00738. The first-order valence-electron chi connectivity index (χ1n) is 24.7. The van der Waals surface area contributed by atoms with Crippen molar-refractivity contribution in [3.05, 3.63) is 126 Å². The van der Waals surface area contributed by atoms with E-state index in [0.29, 0.717) is 46.3 Å². The number of hydrogen-bond donors (Lipinski definition) is 4. The van der Waals surface area contributed by atoms with Gasteiger partial charge in [0.25, 0.3) is 5.91 Å². The van der Waals surface area contributed by atoms with Gasteiger partial charge in [-0.15, -0.1) is 0 Å². The molecule has 6 rings (SSSR count). The van der Waals surface area contributed by atoms with Crippen molar-refractivity contribution >= 4 is 78.0 Å². The van der Waals surface area contributed by atoms with Gasteiger partial charge in [-0.3, -0.25) is 9.59 Å². The van der Waals surface area contributed by atoms with Crippen LogP contribution >= 0.6 is 46.4 Å². The average Bonchev–Trinajstić information content (AvgIpc) is 3.39. The van der Waals surface area contributed by atoms with Crippen molar-refractivity contribution in [1.29, 1.82) is 0 Å². The number of ether oxygens (including phenoxy) is 6. The van der Waals surface area contributed by atoms with Crippen molar-refractivity contribution < 1.29 is 65.1 Å². The number of nitrogens with one attached hydrogen (secondary N) is 2. The molecule has 0 unspecified atom stereocenters. The van der Waals surface area contributed by atoms with E-state index in [4.69, 9.17) is 74.8 Å². The number of likely N-dealkylation sites (N-methyl/N-ethyl adjacent to an activating group) is 2. The highest BCUT2D eigenvalue weighted by Gasteiger charge is 2.31. The molecule has 4 aromatic carbocycles. The Morgan fingerprint density at radius 2 is 1.07 bits per heavy atom. The molecule has 1 amide bonds. The average molecular weight is 1180 g/mol. The van der Waals surface area contributed by atoms with Crippen molar-refractivity contribution in [1.82, 2.24) is 19.8 Å². The summed E-state index contributed by atoms with van der Waals surface area (Å²) in [4.78, 5) is 29.3. The predicted octanol–water partition coefficient (Wildman–Crippen LogP) is 5.45. The van der Waals surface area contributed by atoms with Crippen molar-refractivity contribution in [2.75, 3.05) is 119 Å². The van der Waals surface area contributed by atoms with Crippen molar-refractivity contribution in [2.24, 2.45) is 0 Å². The number of carbonyl (C=O) groups excluding carboxylic acids is 2. The fraction of sp³-hybridized carbons (Fsp3) is 0.500. The van der Waals surface area contributed by atoms with E-state index in [2.05, 4.69) is 19.8 Å². The molecule has 2 aliphatic rings. The van der Waals surface area contributed by atoms with E-state index >= 15 is 0 Å². The first kappa shape index (κ1) is 61.8. The highest BCUT2D eigenvalue weighted by molar-refractivity contribution is 7.91. The third-order valence-electron chi connectivity index (χ3n) is 12.6. The van der Waals surface area contributed by atoms with Crippen LogP contribution in [0.3, 0.4) is 0 Å². The van der Waals surface area contributed by atoms with E-state index in [0.717, 1.165) is 33.4 Å². The quantitative estimate of drug-likeness (QED) is 0.0446. The number of nitrogens with zero attached hydrogens (tertiary/aromatic N) is 2. The molecule has 0 aromatic heterocycles. The van der Waals surface area contributed by atoms with E-state index < -0.39 is 49.7 Å². The standard InChI is InChI=1S/C52H66Cl4N4O14S2/c1-59-30-43(41-26-37(53)28-47(55)45(41)32-59)35-6-3-8-39(24-35)75(65,66)34-74-23-22-73-19-16-69-13-5-10-49(61)50(62)51(63)52(64)57-11-14-70-17-20-72-21-18-71-15-12-58-76(67,68)40-9-4-7-36(25-40)44-31-60(2)33-46-42(44)27-38(54)29-48(46)56/h3-4,6-9,24-29,43-44,50-51,58,62-63H,5,10-23,30-34H2,1-2H3,(H,57,64)/t43-,44-,50+,51-/m0/s1. The molecular formula is C52H66Cl4N4O14S2. The lowest BCUT2D eigenvalue weighted by molar-refractivity contribution is -0.145. The second kappa shape index (κ2) is 30.3. The molecular weight excluding hydrogens is 1110 g/mol. The molecule has 0 bridgehead atoms. The summed E-state index contributed by atoms with van der Waals surface area (Å²) in [5, 5.41) is 25.1. The number of amides is 1. The van der Waals surface area contributed by atoms with Crippen LogP contribution in [0.2, 0.25) is 20.1 Å². The molecule has 2 aliphatic heterocycles. The first-order chi connectivity index (χ1) is 36.3. The number of hydrogen-bond acceptors (Lipinski definition) is 16. The molecule has 0 radical (unpaired) electrons. The van der Waals surface area contributed by atoms with Crippen molar-refractivity contribution in [3.63, 3.8) is 0 Å². The summed E-state index contributed by atoms with van der Waals surface area (Å²) < 4.78 is 87.9. The Bertz CT molecular complexity index is 2800. The number of fused-ring (bicyclic) bond motifs is 2. The van der Waals surface area contributed by atoms with Gasteiger partial charge in [-0.25, -0.2) is 21.6 Å².